The lowest BCUT2D eigenvalue weighted by atomic mass is 10.2. The zero-order chi connectivity index (χ0) is 20.1. The van der Waals surface area contributed by atoms with E-state index in [9.17, 15) is 13.2 Å². The Kier molecular flexibility index (Phi) is 5.96. The van der Waals surface area contributed by atoms with Crippen LogP contribution in [0.2, 0.25) is 5.15 Å². The topological polar surface area (TPSA) is 85.4 Å². The third-order valence-electron chi connectivity index (χ3n) is 3.88. The lowest BCUT2D eigenvalue weighted by Gasteiger charge is -2.10. The Bertz CT molecular complexity index is 1100. The summed E-state index contributed by atoms with van der Waals surface area (Å²) >= 11 is 5.83. The summed E-state index contributed by atoms with van der Waals surface area (Å²) in [5, 5.41) is 3.00. The van der Waals surface area contributed by atoms with Crippen LogP contribution in [0.15, 0.2) is 71.8 Å². The van der Waals surface area contributed by atoms with Crippen LogP contribution in [-0.2, 0) is 16.7 Å². The van der Waals surface area contributed by atoms with Crippen LogP contribution in [0.3, 0.4) is 0 Å². The molecule has 0 aliphatic carbocycles. The number of hydrogen-bond acceptors (Lipinski definition) is 5. The third kappa shape index (κ3) is 4.88. The van der Waals surface area contributed by atoms with Gasteiger partial charge in [-0.2, -0.15) is 8.42 Å². The van der Waals surface area contributed by atoms with Crippen molar-refractivity contribution >= 4 is 27.6 Å². The highest BCUT2D eigenvalue weighted by Crippen LogP contribution is 2.22. The van der Waals surface area contributed by atoms with Crippen LogP contribution < -0.4 is 9.50 Å². The summed E-state index contributed by atoms with van der Waals surface area (Å²) in [4.78, 5) is 16.1. The fourth-order valence-electron chi connectivity index (χ4n) is 2.41. The molecule has 2 aromatic carbocycles. The Balaban J connectivity index is 1.73. The molecular weight excluding hydrogens is 400 g/mol. The van der Waals surface area contributed by atoms with Crippen molar-refractivity contribution in [1.82, 2.24) is 10.3 Å². The molecule has 1 N–H and O–H groups in total. The number of aromatic nitrogens is 1. The van der Waals surface area contributed by atoms with Crippen LogP contribution in [0.1, 0.15) is 21.5 Å². The van der Waals surface area contributed by atoms with Gasteiger partial charge in [0.2, 0.25) is 0 Å². The van der Waals surface area contributed by atoms with E-state index in [0.29, 0.717) is 12.1 Å². The van der Waals surface area contributed by atoms with Gasteiger partial charge in [-0.1, -0.05) is 48.0 Å². The number of nitrogens with one attached hydrogen (secondary N) is 1. The number of halogens is 1. The zero-order valence-corrected chi connectivity index (χ0v) is 16.5. The van der Waals surface area contributed by atoms with E-state index < -0.39 is 10.1 Å². The van der Waals surface area contributed by atoms with Gasteiger partial charge in [0, 0.05) is 12.1 Å². The summed E-state index contributed by atoms with van der Waals surface area (Å²) < 4.78 is 30.0. The number of hydrogen-bond donors (Lipinski definition) is 1. The summed E-state index contributed by atoms with van der Waals surface area (Å²) in [7, 11) is -4.10. The van der Waals surface area contributed by atoms with E-state index in [0.717, 1.165) is 11.8 Å². The van der Waals surface area contributed by atoms with Crippen molar-refractivity contribution in [3.63, 3.8) is 0 Å². The summed E-state index contributed by atoms with van der Waals surface area (Å²) in [6.07, 6.45) is 1.13. The molecular formula is C20H17ClN2O4S. The van der Waals surface area contributed by atoms with Crippen molar-refractivity contribution in [1.29, 1.82) is 0 Å². The number of aryl methyl sites for hydroxylation is 1. The molecule has 28 heavy (non-hydrogen) atoms. The lowest BCUT2D eigenvalue weighted by molar-refractivity contribution is 0.0950. The van der Waals surface area contributed by atoms with Gasteiger partial charge in [-0.25, -0.2) is 4.98 Å². The first-order valence-corrected chi connectivity index (χ1v) is 10.1. The van der Waals surface area contributed by atoms with E-state index in [4.69, 9.17) is 15.8 Å². The predicted octanol–water partition coefficient (Wildman–Crippen LogP) is 3.74. The van der Waals surface area contributed by atoms with Gasteiger partial charge in [0.1, 0.15) is 15.8 Å². The lowest BCUT2D eigenvalue weighted by Crippen LogP contribution is -2.22. The van der Waals surface area contributed by atoms with Crippen molar-refractivity contribution in [2.45, 2.75) is 18.4 Å². The first kappa shape index (κ1) is 19.9. The average Bonchev–Trinajstić information content (AvgIpc) is 2.69. The van der Waals surface area contributed by atoms with Crippen LogP contribution in [-0.4, -0.2) is 19.3 Å². The molecule has 3 rings (SSSR count). The largest absolute Gasteiger partial charge is 0.379 e. The second-order valence-corrected chi connectivity index (χ2v) is 7.92. The minimum atomic E-state index is -4.10. The minimum Gasteiger partial charge on any atom is -0.379 e. The molecule has 1 amide bonds. The highest BCUT2D eigenvalue weighted by atomic mass is 35.5. The van der Waals surface area contributed by atoms with E-state index in [1.807, 2.05) is 30.3 Å². The fourth-order valence-corrected chi connectivity index (χ4v) is 3.47. The van der Waals surface area contributed by atoms with Crippen molar-refractivity contribution in [3.8, 4) is 5.75 Å². The van der Waals surface area contributed by atoms with Crippen LogP contribution in [0.5, 0.6) is 5.75 Å². The van der Waals surface area contributed by atoms with Crippen LogP contribution in [0, 0.1) is 6.92 Å². The van der Waals surface area contributed by atoms with Gasteiger partial charge in [0.15, 0.2) is 0 Å². The van der Waals surface area contributed by atoms with Crippen LogP contribution in [0.25, 0.3) is 0 Å². The molecule has 0 radical (unpaired) electrons. The SMILES string of the molecule is Cc1cc(S(=O)(=O)Oc2cccc(C(=O)NCc3ccccc3)c2)cnc1Cl. The molecule has 0 spiro atoms. The van der Waals surface area contributed by atoms with Gasteiger partial charge < -0.3 is 9.50 Å². The van der Waals surface area contributed by atoms with Crippen LogP contribution in [0.4, 0.5) is 0 Å². The molecule has 0 atom stereocenters. The predicted molar refractivity (Wildman–Crippen MR) is 106 cm³/mol. The second-order valence-electron chi connectivity index (χ2n) is 6.01. The van der Waals surface area contributed by atoms with Gasteiger partial charge >= 0.3 is 10.1 Å². The highest BCUT2D eigenvalue weighted by Gasteiger charge is 2.19. The van der Waals surface area contributed by atoms with Gasteiger partial charge in [-0.05, 0) is 42.3 Å². The molecule has 0 bridgehead atoms. The normalized spacial score (nSPS) is 11.1. The minimum absolute atomic E-state index is 0.0277. The first-order valence-electron chi connectivity index (χ1n) is 8.34. The molecule has 0 saturated heterocycles. The molecule has 0 aliphatic heterocycles. The molecule has 0 unspecified atom stereocenters. The Morgan fingerprint density at radius 2 is 1.86 bits per heavy atom. The maximum absolute atomic E-state index is 12.5. The Morgan fingerprint density at radius 3 is 2.57 bits per heavy atom. The molecule has 1 heterocycles. The van der Waals surface area contributed by atoms with Gasteiger partial charge in [0.05, 0.1) is 6.20 Å². The van der Waals surface area contributed by atoms with Crippen molar-refractivity contribution in [2.75, 3.05) is 0 Å². The fraction of sp³-hybridized carbons (Fsp3) is 0.100. The summed E-state index contributed by atoms with van der Waals surface area (Å²) in [5.41, 5.74) is 1.76. The maximum Gasteiger partial charge on any atom is 0.340 e. The van der Waals surface area contributed by atoms with Crippen molar-refractivity contribution < 1.29 is 17.4 Å². The van der Waals surface area contributed by atoms with E-state index in [-0.39, 0.29) is 27.3 Å². The van der Waals surface area contributed by atoms with Gasteiger partial charge in [0.25, 0.3) is 5.91 Å². The number of carbonyl (C=O) groups excluding carboxylic acids is 1. The monoisotopic (exact) mass is 416 g/mol. The molecule has 8 heteroatoms. The van der Waals surface area contributed by atoms with Gasteiger partial charge in [-0.3, -0.25) is 4.79 Å². The zero-order valence-electron chi connectivity index (χ0n) is 14.9. The number of amides is 1. The number of carbonyl (C=O) groups is 1. The van der Waals surface area contributed by atoms with E-state index in [1.54, 1.807) is 19.1 Å². The Labute approximate surface area is 168 Å². The molecule has 0 aliphatic rings. The quantitative estimate of drug-likeness (QED) is 0.488. The van der Waals surface area contributed by atoms with Crippen molar-refractivity contribution in [2.24, 2.45) is 0 Å². The van der Waals surface area contributed by atoms with Gasteiger partial charge in [-0.15, -0.1) is 0 Å². The van der Waals surface area contributed by atoms with Crippen LogP contribution >= 0.6 is 11.6 Å². The molecule has 144 valence electrons. The number of rotatable bonds is 6. The second kappa shape index (κ2) is 8.41. The summed E-state index contributed by atoms with van der Waals surface area (Å²) in [5.74, 6) is -0.310. The Morgan fingerprint density at radius 1 is 1.11 bits per heavy atom. The van der Waals surface area contributed by atoms with E-state index >= 15 is 0 Å². The smallest absolute Gasteiger partial charge is 0.340 e. The maximum atomic E-state index is 12.5. The molecule has 0 fully saturated rings. The molecule has 3 aromatic rings. The Hall–Kier alpha value is -2.90. The highest BCUT2D eigenvalue weighted by molar-refractivity contribution is 7.87. The summed E-state index contributed by atoms with van der Waals surface area (Å²) in [6, 6.07) is 16.8. The van der Waals surface area contributed by atoms with E-state index in [2.05, 4.69) is 10.3 Å². The third-order valence-corrected chi connectivity index (χ3v) is 5.48. The standard InChI is InChI=1S/C20H17ClN2O4S/c1-14-10-18(13-22-19(14)21)28(25,26)27-17-9-5-8-16(11-17)20(24)23-12-15-6-3-2-4-7-15/h2-11,13H,12H2,1H3,(H,23,24). The van der Waals surface area contributed by atoms with E-state index in [1.165, 1.54) is 18.2 Å². The molecule has 6 nitrogen and oxygen atoms in total. The summed E-state index contributed by atoms with van der Waals surface area (Å²) in [6.45, 7) is 2.00. The average molecular weight is 417 g/mol. The van der Waals surface area contributed by atoms with Crippen molar-refractivity contribution in [3.05, 3.63) is 88.7 Å². The first-order chi connectivity index (χ1) is 13.3. The number of nitrogens with zero attached hydrogens (tertiary/aromatic N) is 1. The molecule has 0 saturated carbocycles. The molecule has 1 aromatic heterocycles. The number of benzene rings is 2. The number of pyridine rings is 1.